The molecule has 0 aliphatic carbocycles. The molecule has 0 fully saturated rings. The quantitative estimate of drug-likeness (QED) is 0.655. The lowest BCUT2D eigenvalue weighted by Crippen LogP contribution is -2.34. The summed E-state index contributed by atoms with van der Waals surface area (Å²) in [6.07, 6.45) is -4.32. The lowest BCUT2D eigenvalue weighted by Gasteiger charge is -2.34. The fourth-order valence-electron chi connectivity index (χ4n) is 2.87. The first-order chi connectivity index (χ1) is 13.2. The Balaban J connectivity index is 1.83. The number of carbonyl (C=O) groups excluding carboxylic acids is 1. The number of hydrogen-bond acceptors (Lipinski definition) is 5. The summed E-state index contributed by atoms with van der Waals surface area (Å²) in [5.41, 5.74) is -0.0719. The van der Waals surface area contributed by atoms with Crippen molar-refractivity contribution in [2.45, 2.75) is 18.6 Å². The second-order valence-corrected chi connectivity index (χ2v) is 6.68. The van der Waals surface area contributed by atoms with Crippen molar-refractivity contribution in [3.05, 3.63) is 52.5 Å². The maximum Gasteiger partial charge on any atom is 0.416 e. The van der Waals surface area contributed by atoms with E-state index in [0.717, 1.165) is 17.7 Å². The van der Waals surface area contributed by atoms with Crippen molar-refractivity contribution in [3.63, 3.8) is 0 Å². The van der Waals surface area contributed by atoms with Crippen LogP contribution in [0.15, 0.2) is 36.4 Å². The van der Waals surface area contributed by atoms with Crippen LogP contribution >= 0.6 is 11.6 Å². The molecule has 2 aromatic rings. The van der Waals surface area contributed by atoms with Gasteiger partial charge in [-0.05, 0) is 31.3 Å². The van der Waals surface area contributed by atoms with E-state index in [1.165, 1.54) is 13.2 Å². The molecule has 0 saturated carbocycles. The molecule has 0 amide bonds. The van der Waals surface area contributed by atoms with Crippen LogP contribution in [0.25, 0.3) is 0 Å². The van der Waals surface area contributed by atoms with E-state index in [-0.39, 0.29) is 35.9 Å². The van der Waals surface area contributed by atoms with E-state index < -0.39 is 11.7 Å². The lowest BCUT2D eigenvalue weighted by atomic mass is 10.00. The molecule has 0 bridgehead atoms. The average molecular weight is 416 g/mol. The molecular formula is C19H17ClF3NO4. The molecule has 0 saturated heterocycles. The predicted molar refractivity (Wildman–Crippen MR) is 95.6 cm³/mol. The van der Waals surface area contributed by atoms with E-state index >= 15 is 0 Å². The van der Waals surface area contributed by atoms with Crippen LogP contribution in [0.4, 0.5) is 13.2 Å². The zero-order chi connectivity index (χ0) is 20.5. The zero-order valence-corrected chi connectivity index (χ0v) is 15.8. The van der Waals surface area contributed by atoms with Gasteiger partial charge in [0.05, 0.1) is 30.2 Å². The van der Waals surface area contributed by atoms with Gasteiger partial charge >= 0.3 is 12.1 Å². The molecule has 3 rings (SSSR count). The SMILES string of the molecule is COC(=O)CC1c2ccc(Oc3ccc(C(F)(F)F)cc3Cl)cc2OCN1C. The van der Waals surface area contributed by atoms with Crippen molar-refractivity contribution in [1.29, 1.82) is 0 Å². The molecule has 0 N–H and O–H groups in total. The van der Waals surface area contributed by atoms with Crippen LogP contribution in [0, 0.1) is 0 Å². The smallest absolute Gasteiger partial charge is 0.416 e. The van der Waals surface area contributed by atoms with Crippen LogP contribution in [0.5, 0.6) is 17.2 Å². The highest BCUT2D eigenvalue weighted by Crippen LogP contribution is 2.40. The predicted octanol–water partition coefficient (Wildman–Crippen LogP) is 5.04. The fourth-order valence-corrected chi connectivity index (χ4v) is 3.09. The zero-order valence-electron chi connectivity index (χ0n) is 15.0. The second kappa shape index (κ2) is 7.89. The summed E-state index contributed by atoms with van der Waals surface area (Å²) in [7, 11) is 3.15. The number of rotatable bonds is 4. The molecule has 1 atom stereocenters. The van der Waals surface area contributed by atoms with Crippen LogP contribution in [-0.4, -0.2) is 31.8 Å². The number of benzene rings is 2. The molecule has 1 heterocycles. The van der Waals surface area contributed by atoms with Crippen molar-refractivity contribution < 1.29 is 32.2 Å². The first-order valence-electron chi connectivity index (χ1n) is 8.27. The Labute approximate surface area is 164 Å². The normalized spacial score (nSPS) is 16.9. The molecule has 0 aromatic heterocycles. The second-order valence-electron chi connectivity index (χ2n) is 6.27. The largest absolute Gasteiger partial charge is 0.478 e. The standard InChI is InChI=1S/C19H17ClF3NO4/c1-24-10-27-17-8-12(4-5-13(17)15(24)9-18(25)26-2)28-16-6-3-11(7-14(16)20)19(21,22)23/h3-8,15H,9-10H2,1-2H3. The summed E-state index contributed by atoms with van der Waals surface area (Å²) >= 11 is 5.93. The van der Waals surface area contributed by atoms with Gasteiger partial charge in [-0.3, -0.25) is 9.69 Å². The Bertz CT molecular complexity index is 888. The van der Waals surface area contributed by atoms with Gasteiger partial charge < -0.3 is 14.2 Å². The molecule has 1 aliphatic rings. The summed E-state index contributed by atoms with van der Waals surface area (Å²) in [5, 5.41) is -0.156. The van der Waals surface area contributed by atoms with Crippen molar-refractivity contribution in [2.75, 3.05) is 20.9 Å². The number of nitrogens with zero attached hydrogens (tertiary/aromatic N) is 1. The number of fused-ring (bicyclic) bond motifs is 1. The Morgan fingerprint density at radius 1 is 1.29 bits per heavy atom. The Hall–Kier alpha value is -2.45. The van der Waals surface area contributed by atoms with E-state index in [1.54, 1.807) is 18.2 Å². The molecule has 1 aliphatic heterocycles. The van der Waals surface area contributed by atoms with Gasteiger partial charge in [0.2, 0.25) is 0 Å². The molecule has 0 radical (unpaired) electrons. The molecule has 0 spiro atoms. The molecule has 28 heavy (non-hydrogen) atoms. The Morgan fingerprint density at radius 3 is 2.68 bits per heavy atom. The molecule has 5 nitrogen and oxygen atoms in total. The number of hydrogen-bond donors (Lipinski definition) is 0. The van der Waals surface area contributed by atoms with Gasteiger partial charge in [0.1, 0.15) is 24.0 Å². The summed E-state index contributed by atoms with van der Waals surface area (Å²) in [6, 6.07) is 7.65. The van der Waals surface area contributed by atoms with E-state index in [9.17, 15) is 18.0 Å². The first-order valence-corrected chi connectivity index (χ1v) is 8.65. The molecule has 9 heteroatoms. The highest BCUT2D eigenvalue weighted by Gasteiger charge is 2.31. The van der Waals surface area contributed by atoms with Gasteiger partial charge in [0.15, 0.2) is 0 Å². The van der Waals surface area contributed by atoms with Gasteiger partial charge in [-0.25, -0.2) is 0 Å². The van der Waals surface area contributed by atoms with Crippen LogP contribution in [0.2, 0.25) is 5.02 Å². The van der Waals surface area contributed by atoms with E-state index in [2.05, 4.69) is 0 Å². The minimum Gasteiger partial charge on any atom is -0.478 e. The summed E-state index contributed by atoms with van der Waals surface area (Å²) < 4.78 is 54.3. The highest BCUT2D eigenvalue weighted by atomic mass is 35.5. The molecule has 150 valence electrons. The average Bonchev–Trinajstić information content (AvgIpc) is 2.64. The lowest BCUT2D eigenvalue weighted by molar-refractivity contribution is -0.142. The third-order valence-electron chi connectivity index (χ3n) is 4.37. The maximum absolute atomic E-state index is 12.7. The van der Waals surface area contributed by atoms with E-state index in [4.69, 9.17) is 25.8 Å². The van der Waals surface area contributed by atoms with Gasteiger partial charge in [0, 0.05) is 11.6 Å². The summed E-state index contributed by atoms with van der Waals surface area (Å²) in [5.74, 6) is 0.615. The maximum atomic E-state index is 12.7. The number of alkyl halides is 3. The minimum atomic E-state index is -4.48. The number of carbonyl (C=O) groups is 1. The van der Waals surface area contributed by atoms with E-state index in [0.29, 0.717) is 11.5 Å². The summed E-state index contributed by atoms with van der Waals surface area (Å²) in [4.78, 5) is 13.5. The van der Waals surface area contributed by atoms with Crippen molar-refractivity contribution in [1.82, 2.24) is 4.90 Å². The topological polar surface area (TPSA) is 48.0 Å². The Kier molecular flexibility index (Phi) is 5.71. The van der Waals surface area contributed by atoms with Crippen LogP contribution in [-0.2, 0) is 15.7 Å². The molecule has 1 unspecified atom stereocenters. The number of halogens is 4. The fraction of sp³-hybridized carbons (Fsp3) is 0.316. The van der Waals surface area contributed by atoms with Crippen LogP contribution in [0.1, 0.15) is 23.6 Å². The van der Waals surface area contributed by atoms with Gasteiger partial charge in [-0.15, -0.1) is 0 Å². The third kappa shape index (κ3) is 4.34. The molecule has 2 aromatic carbocycles. The minimum absolute atomic E-state index is 0.0913. The van der Waals surface area contributed by atoms with Crippen molar-refractivity contribution in [2.24, 2.45) is 0 Å². The Morgan fingerprint density at radius 2 is 2.04 bits per heavy atom. The summed E-state index contributed by atoms with van der Waals surface area (Å²) in [6.45, 7) is 0.263. The van der Waals surface area contributed by atoms with Gasteiger partial charge in [-0.2, -0.15) is 13.2 Å². The monoisotopic (exact) mass is 415 g/mol. The van der Waals surface area contributed by atoms with Gasteiger partial charge in [0.25, 0.3) is 0 Å². The number of esters is 1. The van der Waals surface area contributed by atoms with E-state index in [1.807, 2.05) is 11.9 Å². The van der Waals surface area contributed by atoms with Gasteiger partial charge in [-0.1, -0.05) is 17.7 Å². The van der Waals surface area contributed by atoms with Crippen molar-refractivity contribution >= 4 is 17.6 Å². The highest BCUT2D eigenvalue weighted by molar-refractivity contribution is 6.32. The molecular weight excluding hydrogens is 399 g/mol. The first kappa shape index (κ1) is 20.3. The van der Waals surface area contributed by atoms with Crippen molar-refractivity contribution in [3.8, 4) is 17.2 Å². The van der Waals surface area contributed by atoms with Crippen LogP contribution in [0.3, 0.4) is 0 Å². The number of ether oxygens (including phenoxy) is 3. The van der Waals surface area contributed by atoms with Crippen LogP contribution < -0.4 is 9.47 Å². The third-order valence-corrected chi connectivity index (χ3v) is 4.67. The number of methoxy groups -OCH3 is 1.